The average Bonchev–Trinajstić information content (AvgIpc) is 2.99. The lowest BCUT2D eigenvalue weighted by molar-refractivity contribution is 0.127. The number of thiol groups is 1. The molecule has 0 N–H and O–H groups in total. The zero-order chi connectivity index (χ0) is 9.10. The maximum atomic E-state index is 4.24. The Morgan fingerprint density at radius 2 is 1.77 bits per heavy atom. The summed E-state index contributed by atoms with van der Waals surface area (Å²) >= 11 is 4.24. The van der Waals surface area contributed by atoms with E-state index in [1.807, 2.05) is 0 Å². The Morgan fingerprint density at radius 1 is 1.08 bits per heavy atom. The summed E-state index contributed by atoms with van der Waals surface area (Å²) in [6.45, 7) is 6.42. The number of piperazine rings is 1. The largest absolute Gasteiger partial charge is 0.301 e. The molecule has 2 fully saturated rings. The van der Waals surface area contributed by atoms with Crippen LogP contribution in [-0.4, -0.2) is 54.3 Å². The molecule has 1 saturated carbocycles. The van der Waals surface area contributed by atoms with Gasteiger partial charge in [0.05, 0.1) is 0 Å². The Kier molecular flexibility index (Phi) is 3.52. The van der Waals surface area contributed by atoms with Gasteiger partial charge in [-0.1, -0.05) is 0 Å². The van der Waals surface area contributed by atoms with Gasteiger partial charge in [0.2, 0.25) is 0 Å². The molecule has 1 saturated heterocycles. The van der Waals surface area contributed by atoms with Crippen LogP contribution in [0, 0.1) is 0 Å². The number of nitrogens with zero attached hydrogens (tertiary/aromatic N) is 2. The molecular formula is C10H20N2S. The molecule has 13 heavy (non-hydrogen) atoms. The molecule has 1 heterocycles. The molecule has 2 rings (SSSR count). The van der Waals surface area contributed by atoms with Gasteiger partial charge in [-0.2, -0.15) is 12.6 Å². The lowest BCUT2D eigenvalue weighted by Gasteiger charge is -2.34. The Morgan fingerprint density at radius 3 is 2.31 bits per heavy atom. The average molecular weight is 200 g/mol. The SMILES string of the molecule is SCCCN1CCN(C2CC2)CC1. The van der Waals surface area contributed by atoms with Gasteiger partial charge >= 0.3 is 0 Å². The van der Waals surface area contributed by atoms with Crippen LogP contribution in [0.2, 0.25) is 0 Å². The third-order valence-corrected chi connectivity index (χ3v) is 3.42. The summed E-state index contributed by atoms with van der Waals surface area (Å²) < 4.78 is 0. The predicted molar refractivity (Wildman–Crippen MR) is 59.5 cm³/mol. The topological polar surface area (TPSA) is 6.48 Å². The Hall–Kier alpha value is 0.270. The van der Waals surface area contributed by atoms with Gasteiger partial charge in [0.15, 0.2) is 0 Å². The summed E-state index contributed by atoms with van der Waals surface area (Å²) in [7, 11) is 0. The van der Waals surface area contributed by atoms with Gasteiger partial charge in [0, 0.05) is 32.2 Å². The maximum absolute atomic E-state index is 4.24. The van der Waals surface area contributed by atoms with E-state index in [0.29, 0.717) is 0 Å². The van der Waals surface area contributed by atoms with Crippen molar-refractivity contribution in [2.24, 2.45) is 0 Å². The molecule has 0 bridgehead atoms. The molecule has 2 aliphatic rings. The minimum atomic E-state index is 0.965. The van der Waals surface area contributed by atoms with Crippen LogP contribution in [0.25, 0.3) is 0 Å². The van der Waals surface area contributed by atoms with Crippen molar-refractivity contribution in [2.45, 2.75) is 25.3 Å². The van der Waals surface area contributed by atoms with Crippen LogP contribution in [0.3, 0.4) is 0 Å². The highest BCUT2D eigenvalue weighted by Crippen LogP contribution is 2.27. The van der Waals surface area contributed by atoms with E-state index in [-0.39, 0.29) is 0 Å². The molecule has 2 nitrogen and oxygen atoms in total. The molecule has 1 aliphatic carbocycles. The summed E-state index contributed by atoms with van der Waals surface area (Å²) in [5.41, 5.74) is 0. The summed E-state index contributed by atoms with van der Waals surface area (Å²) in [5.74, 6) is 1.03. The van der Waals surface area contributed by atoms with E-state index in [4.69, 9.17) is 0 Å². The standard InChI is InChI=1S/C10H20N2S/c13-9-1-4-11-5-7-12(8-6-11)10-2-3-10/h10,13H,1-9H2. The molecule has 0 spiro atoms. The number of rotatable bonds is 4. The Labute approximate surface area is 86.7 Å². The summed E-state index contributed by atoms with van der Waals surface area (Å²) in [5, 5.41) is 0. The summed E-state index contributed by atoms with van der Waals surface area (Å²) in [4.78, 5) is 5.24. The van der Waals surface area contributed by atoms with Gasteiger partial charge < -0.3 is 4.90 Å². The summed E-state index contributed by atoms with van der Waals surface area (Å²) in [6.07, 6.45) is 4.15. The fourth-order valence-electron chi connectivity index (χ4n) is 2.09. The third kappa shape index (κ3) is 2.86. The lowest BCUT2D eigenvalue weighted by atomic mass is 10.3. The van der Waals surface area contributed by atoms with E-state index in [0.717, 1.165) is 11.8 Å². The summed E-state index contributed by atoms with van der Waals surface area (Å²) in [6, 6.07) is 0.965. The van der Waals surface area contributed by atoms with Crippen LogP contribution in [0.4, 0.5) is 0 Å². The van der Waals surface area contributed by atoms with E-state index in [2.05, 4.69) is 22.4 Å². The zero-order valence-corrected chi connectivity index (χ0v) is 9.18. The van der Waals surface area contributed by atoms with Crippen LogP contribution in [0.1, 0.15) is 19.3 Å². The monoisotopic (exact) mass is 200 g/mol. The van der Waals surface area contributed by atoms with E-state index in [1.165, 1.54) is 52.0 Å². The molecule has 0 radical (unpaired) electrons. The van der Waals surface area contributed by atoms with Crippen molar-refractivity contribution in [3.05, 3.63) is 0 Å². The maximum Gasteiger partial charge on any atom is 0.0113 e. The fourth-order valence-corrected chi connectivity index (χ4v) is 2.23. The van der Waals surface area contributed by atoms with Crippen LogP contribution in [0.15, 0.2) is 0 Å². The molecule has 0 aromatic rings. The second-order valence-electron chi connectivity index (χ2n) is 4.19. The second kappa shape index (κ2) is 4.67. The fraction of sp³-hybridized carbons (Fsp3) is 1.00. The molecule has 0 aromatic carbocycles. The third-order valence-electron chi connectivity index (χ3n) is 3.10. The van der Waals surface area contributed by atoms with Gasteiger partial charge in [0.25, 0.3) is 0 Å². The van der Waals surface area contributed by atoms with Crippen LogP contribution in [0.5, 0.6) is 0 Å². The molecular weight excluding hydrogens is 180 g/mol. The molecule has 0 amide bonds. The first kappa shape index (κ1) is 9.81. The van der Waals surface area contributed by atoms with Gasteiger partial charge in [-0.3, -0.25) is 4.90 Å². The van der Waals surface area contributed by atoms with Crippen molar-refractivity contribution in [2.75, 3.05) is 38.5 Å². The number of hydrogen-bond acceptors (Lipinski definition) is 3. The van der Waals surface area contributed by atoms with Crippen molar-refractivity contribution in [1.29, 1.82) is 0 Å². The van der Waals surface area contributed by atoms with Crippen LogP contribution in [-0.2, 0) is 0 Å². The first-order chi connectivity index (χ1) is 6.40. The molecule has 0 aromatic heterocycles. The molecule has 3 heteroatoms. The van der Waals surface area contributed by atoms with E-state index in [9.17, 15) is 0 Å². The lowest BCUT2D eigenvalue weighted by Crippen LogP contribution is -2.47. The van der Waals surface area contributed by atoms with Crippen molar-refractivity contribution in [3.8, 4) is 0 Å². The normalized spacial score (nSPS) is 26.5. The van der Waals surface area contributed by atoms with Gasteiger partial charge in [-0.05, 0) is 31.6 Å². The minimum absolute atomic E-state index is 0.965. The zero-order valence-electron chi connectivity index (χ0n) is 8.28. The quantitative estimate of drug-likeness (QED) is 0.679. The van der Waals surface area contributed by atoms with Gasteiger partial charge in [0.1, 0.15) is 0 Å². The first-order valence-electron chi connectivity index (χ1n) is 5.47. The van der Waals surface area contributed by atoms with Crippen LogP contribution < -0.4 is 0 Å². The van der Waals surface area contributed by atoms with Crippen molar-refractivity contribution in [3.63, 3.8) is 0 Å². The Bertz CT molecular complexity index is 151. The minimum Gasteiger partial charge on any atom is -0.301 e. The van der Waals surface area contributed by atoms with Crippen molar-refractivity contribution in [1.82, 2.24) is 9.80 Å². The second-order valence-corrected chi connectivity index (χ2v) is 4.63. The smallest absolute Gasteiger partial charge is 0.0113 e. The predicted octanol–water partition coefficient (Wildman–Crippen LogP) is 1.09. The first-order valence-corrected chi connectivity index (χ1v) is 6.10. The highest BCUT2D eigenvalue weighted by Gasteiger charge is 2.30. The molecule has 1 aliphatic heterocycles. The number of hydrogen-bond donors (Lipinski definition) is 1. The molecule has 0 atom stereocenters. The van der Waals surface area contributed by atoms with Gasteiger partial charge in [-0.15, -0.1) is 0 Å². The van der Waals surface area contributed by atoms with Crippen molar-refractivity contribution >= 4 is 12.6 Å². The van der Waals surface area contributed by atoms with E-state index in [1.54, 1.807) is 0 Å². The van der Waals surface area contributed by atoms with E-state index >= 15 is 0 Å². The highest BCUT2D eigenvalue weighted by atomic mass is 32.1. The van der Waals surface area contributed by atoms with Gasteiger partial charge in [-0.25, -0.2) is 0 Å². The Balaban J connectivity index is 1.63. The molecule has 76 valence electrons. The molecule has 0 unspecified atom stereocenters. The van der Waals surface area contributed by atoms with E-state index < -0.39 is 0 Å². The van der Waals surface area contributed by atoms with Crippen molar-refractivity contribution < 1.29 is 0 Å². The highest BCUT2D eigenvalue weighted by molar-refractivity contribution is 7.80. The van der Waals surface area contributed by atoms with Crippen LogP contribution >= 0.6 is 12.6 Å².